The van der Waals surface area contributed by atoms with Crippen molar-refractivity contribution in [3.63, 3.8) is 0 Å². The van der Waals surface area contributed by atoms with Crippen LogP contribution in [0.1, 0.15) is 10.4 Å². The molecule has 0 unspecified atom stereocenters. The summed E-state index contributed by atoms with van der Waals surface area (Å²) in [7, 11) is 0. The third-order valence-electron chi connectivity index (χ3n) is 3.06. The predicted octanol–water partition coefficient (Wildman–Crippen LogP) is 3.01. The van der Waals surface area contributed by atoms with E-state index in [1.54, 1.807) is 42.5 Å². The maximum atomic E-state index is 12.0. The lowest BCUT2D eigenvalue weighted by atomic mass is 10.2. The van der Waals surface area contributed by atoms with E-state index in [1.807, 2.05) is 0 Å². The van der Waals surface area contributed by atoms with Crippen LogP contribution in [0.5, 0.6) is 11.5 Å². The zero-order valence-electron chi connectivity index (χ0n) is 11.4. The molecule has 3 aromatic rings. The van der Waals surface area contributed by atoms with E-state index < -0.39 is 17.4 Å². The SMILES string of the molecule is O=C(Nc1oc(-c2ccncc2)c(O)c1O)c1ccccc1. The molecule has 0 aliphatic heterocycles. The largest absolute Gasteiger partial charge is 0.502 e. The average molecular weight is 296 g/mol. The first kappa shape index (κ1) is 13.7. The molecule has 1 amide bonds. The molecule has 0 atom stereocenters. The first-order valence-corrected chi connectivity index (χ1v) is 6.48. The number of nitrogens with zero attached hydrogens (tertiary/aromatic N) is 1. The Bertz CT molecular complexity index is 798. The first-order chi connectivity index (χ1) is 10.7. The number of benzene rings is 1. The Balaban J connectivity index is 1.91. The van der Waals surface area contributed by atoms with Crippen LogP contribution in [-0.4, -0.2) is 21.1 Å². The predicted molar refractivity (Wildman–Crippen MR) is 79.7 cm³/mol. The molecule has 0 saturated heterocycles. The highest BCUT2D eigenvalue weighted by atomic mass is 16.4. The van der Waals surface area contributed by atoms with Gasteiger partial charge in [0.1, 0.15) is 0 Å². The second-order valence-electron chi connectivity index (χ2n) is 4.51. The molecular formula is C16H12N2O4. The molecule has 0 spiro atoms. The van der Waals surface area contributed by atoms with Gasteiger partial charge in [-0.3, -0.25) is 15.1 Å². The lowest BCUT2D eigenvalue weighted by molar-refractivity contribution is 0.102. The van der Waals surface area contributed by atoms with Gasteiger partial charge in [-0.25, -0.2) is 0 Å². The number of furan rings is 1. The van der Waals surface area contributed by atoms with E-state index in [-0.39, 0.29) is 11.6 Å². The van der Waals surface area contributed by atoms with Crippen molar-refractivity contribution >= 4 is 11.8 Å². The molecular weight excluding hydrogens is 284 g/mol. The van der Waals surface area contributed by atoms with Crippen LogP contribution in [0.3, 0.4) is 0 Å². The third kappa shape index (κ3) is 2.49. The summed E-state index contributed by atoms with van der Waals surface area (Å²) >= 11 is 0. The Kier molecular flexibility index (Phi) is 3.49. The Morgan fingerprint density at radius 1 is 1.00 bits per heavy atom. The van der Waals surface area contributed by atoms with Crippen LogP contribution in [0.15, 0.2) is 59.3 Å². The van der Waals surface area contributed by atoms with Crippen LogP contribution in [0.2, 0.25) is 0 Å². The van der Waals surface area contributed by atoms with E-state index in [4.69, 9.17) is 4.42 Å². The van der Waals surface area contributed by atoms with Gasteiger partial charge in [-0.1, -0.05) is 18.2 Å². The Morgan fingerprint density at radius 2 is 1.68 bits per heavy atom. The normalized spacial score (nSPS) is 10.4. The van der Waals surface area contributed by atoms with Crippen LogP contribution >= 0.6 is 0 Å². The smallest absolute Gasteiger partial charge is 0.258 e. The fourth-order valence-electron chi connectivity index (χ4n) is 1.96. The van der Waals surface area contributed by atoms with Crippen molar-refractivity contribution in [1.29, 1.82) is 0 Å². The van der Waals surface area contributed by atoms with Crippen molar-refractivity contribution in [3.8, 4) is 22.8 Å². The number of carbonyl (C=O) groups is 1. The summed E-state index contributed by atoms with van der Waals surface area (Å²) in [5.41, 5.74) is 0.936. The molecule has 0 saturated carbocycles. The van der Waals surface area contributed by atoms with Gasteiger partial charge < -0.3 is 14.6 Å². The summed E-state index contributed by atoms with van der Waals surface area (Å²) in [4.78, 5) is 15.9. The molecule has 3 rings (SSSR count). The molecule has 3 N–H and O–H groups in total. The van der Waals surface area contributed by atoms with Crippen molar-refractivity contribution in [2.75, 3.05) is 5.32 Å². The topological polar surface area (TPSA) is 95.6 Å². The highest BCUT2D eigenvalue weighted by Gasteiger charge is 2.22. The van der Waals surface area contributed by atoms with E-state index in [0.29, 0.717) is 11.1 Å². The van der Waals surface area contributed by atoms with Gasteiger partial charge in [0.2, 0.25) is 17.4 Å². The summed E-state index contributed by atoms with van der Waals surface area (Å²) in [6.45, 7) is 0. The minimum absolute atomic E-state index is 0.0586. The Labute approximate surface area is 125 Å². The second-order valence-corrected chi connectivity index (χ2v) is 4.51. The fraction of sp³-hybridized carbons (Fsp3) is 0. The lowest BCUT2D eigenvalue weighted by Crippen LogP contribution is -2.10. The number of nitrogens with one attached hydrogen (secondary N) is 1. The molecule has 0 bridgehead atoms. The van der Waals surface area contributed by atoms with Crippen molar-refractivity contribution < 1.29 is 19.4 Å². The standard InChI is InChI=1S/C16H12N2O4/c19-12-13(20)16(18-15(21)11-4-2-1-3-5-11)22-14(12)10-6-8-17-9-7-10/h1-9,19-20H,(H,18,21). The number of hydrogen-bond donors (Lipinski definition) is 3. The molecule has 110 valence electrons. The number of aromatic hydroxyl groups is 2. The van der Waals surface area contributed by atoms with E-state index in [2.05, 4.69) is 10.3 Å². The van der Waals surface area contributed by atoms with E-state index in [1.165, 1.54) is 12.4 Å². The Morgan fingerprint density at radius 3 is 2.36 bits per heavy atom. The first-order valence-electron chi connectivity index (χ1n) is 6.48. The van der Waals surface area contributed by atoms with Crippen LogP contribution in [0, 0.1) is 0 Å². The van der Waals surface area contributed by atoms with Gasteiger partial charge in [0.25, 0.3) is 5.91 Å². The van der Waals surface area contributed by atoms with Crippen LogP contribution in [0.4, 0.5) is 5.88 Å². The van der Waals surface area contributed by atoms with Crippen molar-refractivity contribution in [1.82, 2.24) is 4.98 Å². The maximum Gasteiger partial charge on any atom is 0.258 e. The monoisotopic (exact) mass is 296 g/mol. The van der Waals surface area contributed by atoms with E-state index in [0.717, 1.165) is 0 Å². The van der Waals surface area contributed by atoms with E-state index in [9.17, 15) is 15.0 Å². The number of hydrogen-bond acceptors (Lipinski definition) is 5. The second kappa shape index (κ2) is 5.61. The van der Waals surface area contributed by atoms with Gasteiger partial charge in [0.15, 0.2) is 5.76 Å². The number of pyridine rings is 1. The van der Waals surface area contributed by atoms with Gasteiger partial charge in [0.05, 0.1) is 0 Å². The molecule has 2 heterocycles. The number of anilines is 1. The lowest BCUT2D eigenvalue weighted by Gasteiger charge is -2.01. The van der Waals surface area contributed by atoms with Crippen molar-refractivity contribution in [2.24, 2.45) is 0 Å². The van der Waals surface area contributed by atoms with Gasteiger partial charge in [-0.2, -0.15) is 0 Å². The Hall–Kier alpha value is -3.28. The summed E-state index contributed by atoms with van der Waals surface area (Å²) in [5, 5.41) is 22.3. The highest BCUT2D eigenvalue weighted by molar-refractivity contribution is 6.04. The quantitative estimate of drug-likeness (QED) is 0.690. The molecule has 1 aromatic carbocycles. The van der Waals surface area contributed by atoms with Gasteiger partial charge in [0, 0.05) is 23.5 Å². The maximum absolute atomic E-state index is 12.0. The molecule has 0 fully saturated rings. The zero-order valence-corrected chi connectivity index (χ0v) is 11.4. The average Bonchev–Trinajstić information content (AvgIpc) is 2.85. The third-order valence-corrected chi connectivity index (χ3v) is 3.06. The van der Waals surface area contributed by atoms with Gasteiger partial charge >= 0.3 is 0 Å². The van der Waals surface area contributed by atoms with E-state index >= 15 is 0 Å². The van der Waals surface area contributed by atoms with Gasteiger partial charge in [-0.05, 0) is 24.3 Å². The molecule has 0 radical (unpaired) electrons. The molecule has 0 aliphatic rings. The highest BCUT2D eigenvalue weighted by Crippen LogP contribution is 2.45. The summed E-state index contributed by atoms with van der Waals surface area (Å²) < 4.78 is 5.36. The number of aromatic nitrogens is 1. The van der Waals surface area contributed by atoms with Crippen LogP contribution in [-0.2, 0) is 0 Å². The molecule has 22 heavy (non-hydrogen) atoms. The fourth-order valence-corrected chi connectivity index (χ4v) is 1.96. The molecule has 6 nitrogen and oxygen atoms in total. The van der Waals surface area contributed by atoms with Crippen molar-refractivity contribution in [3.05, 3.63) is 60.4 Å². The minimum atomic E-state index is -0.518. The zero-order chi connectivity index (χ0) is 15.5. The summed E-state index contributed by atoms with van der Waals surface area (Å²) in [5.74, 6) is -1.56. The van der Waals surface area contributed by atoms with Crippen LogP contribution < -0.4 is 5.32 Å². The molecule has 6 heteroatoms. The summed E-state index contributed by atoms with van der Waals surface area (Å²) in [6, 6.07) is 11.7. The minimum Gasteiger partial charge on any atom is -0.502 e. The van der Waals surface area contributed by atoms with Crippen LogP contribution in [0.25, 0.3) is 11.3 Å². The van der Waals surface area contributed by atoms with Crippen molar-refractivity contribution in [2.45, 2.75) is 0 Å². The number of rotatable bonds is 3. The molecule has 0 aliphatic carbocycles. The number of amides is 1. The molecule has 2 aromatic heterocycles. The number of carbonyl (C=O) groups excluding carboxylic acids is 1. The van der Waals surface area contributed by atoms with Gasteiger partial charge in [-0.15, -0.1) is 0 Å². The summed E-state index contributed by atoms with van der Waals surface area (Å²) in [6.07, 6.45) is 3.05.